The Labute approximate surface area is 145 Å². The summed E-state index contributed by atoms with van der Waals surface area (Å²) in [6, 6.07) is 5.48. The summed E-state index contributed by atoms with van der Waals surface area (Å²) in [4.78, 5) is 16.1. The normalized spacial score (nSPS) is 12.6. The Bertz CT molecular complexity index is 1130. The molecule has 3 rings (SSSR count). The molecule has 0 saturated carbocycles. The Hall–Kier alpha value is -2.62. The van der Waals surface area contributed by atoms with Crippen LogP contribution in [0.5, 0.6) is 0 Å². The smallest absolute Gasteiger partial charge is 0.416 e. The minimum atomic E-state index is -4.60. The number of oxazole rings is 1. The number of sulfone groups is 1. The van der Waals surface area contributed by atoms with Crippen molar-refractivity contribution in [2.75, 3.05) is 5.75 Å². The van der Waals surface area contributed by atoms with E-state index in [0.29, 0.717) is 11.6 Å². The second-order valence-electron chi connectivity index (χ2n) is 5.52. The molecular formula is C16H13F3N2O4S. The van der Waals surface area contributed by atoms with Crippen molar-refractivity contribution in [3.63, 3.8) is 0 Å². The summed E-state index contributed by atoms with van der Waals surface area (Å²) in [7, 11) is -3.41. The summed E-state index contributed by atoms with van der Waals surface area (Å²) in [5, 5.41) is 0. The maximum Gasteiger partial charge on any atom is 0.416 e. The number of alkyl halides is 3. The summed E-state index contributed by atoms with van der Waals surface area (Å²) >= 11 is 0. The Kier molecular flexibility index (Phi) is 4.39. The maximum absolute atomic E-state index is 12.6. The standard InChI is InChI=1S/C16H13F3N2O4S/c1-2-26(23,24)11-3-4-13-12(8-11)20-14(25-13)9-21-6-5-10(7-15(21)22)16(17,18)19/h3-8H,2,9H2,1H3. The van der Waals surface area contributed by atoms with Crippen molar-refractivity contribution in [2.45, 2.75) is 24.5 Å². The van der Waals surface area contributed by atoms with Crippen LogP contribution in [0.3, 0.4) is 0 Å². The molecule has 6 nitrogen and oxygen atoms in total. The van der Waals surface area contributed by atoms with Crippen molar-refractivity contribution >= 4 is 20.9 Å². The first-order valence-corrected chi connectivity index (χ1v) is 9.15. The van der Waals surface area contributed by atoms with E-state index in [-0.39, 0.29) is 28.6 Å². The number of nitrogens with zero attached hydrogens (tertiary/aromatic N) is 2. The number of fused-ring (bicyclic) bond motifs is 1. The fourth-order valence-corrected chi connectivity index (χ4v) is 3.24. The predicted molar refractivity (Wildman–Crippen MR) is 86.5 cm³/mol. The molecule has 0 unspecified atom stereocenters. The molecule has 0 amide bonds. The monoisotopic (exact) mass is 386 g/mol. The zero-order chi connectivity index (χ0) is 19.1. The van der Waals surface area contributed by atoms with E-state index in [1.165, 1.54) is 25.1 Å². The second kappa shape index (κ2) is 6.27. The van der Waals surface area contributed by atoms with Crippen LogP contribution in [0.4, 0.5) is 13.2 Å². The van der Waals surface area contributed by atoms with Gasteiger partial charge >= 0.3 is 6.18 Å². The van der Waals surface area contributed by atoms with E-state index in [2.05, 4.69) is 4.98 Å². The molecule has 0 radical (unpaired) electrons. The first-order chi connectivity index (χ1) is 12.1. The third-order valence-corrected chi connectivity index (χ3v) is 5.50. The van der Waals surface area contributed by atoms with Gasteiger partial charge in [-0.3, -0.25) is 4.79 Å². The van der Waals surface area contributed by atoms with Crippen molar-refractivity contribution in [2.24, 2.45) is 0 Å². The second-order valence-corrected chi connectivity index (χ2v) is 7.80. The molecule has 0 fully saturated rings. The van der Waals surface area contributed by atoms with Crippen LogP contribution in [0, 0.1) is 0 Å². The van der Waals surface area contributed by atoms with Gasteiger partial charge < -0.3 is 8.98 Å². The largest absolute Gasteiger partial charge is 0.439 e. The highest BCUT2D eigenvalue weighted by Gasteiger charge is 2.31. The number of halogens is 3. The van der Waals surface area contributed by atoms with Crippen LogP contribution in [0.2, 0.25) is 0 Å². The fourth-order valence-electron chi connectivity index (χ4n) is 2.34. The van der Waals surface area contributed by atoms with Crippen LogP contribution in [-0.2, 0) is 22.6 Å². The number of hydrogen-bond donors (Lipinski definition) is 0. The summed E-state index contributed by atoms with van der Waals surface area (Å²) in [5.41, 5.74) is -1.29. The van der Waals surface area contributed by atoms with E-state index in [4.69, 9.17) is 4.42 Å². The molecule has 1 aromatic carbocycles. The number of hydrogen-bond acceptors (Lipinski definition) is 5. The van der Waals surface area contributed by atoms with E-state index in [1.807, 2.05) is 0 Å². The van der Waals surface area contributed by atoms with Crippen LogP contribution in [-0.4, -0.2) is 23.7 Å². The van der Waals surface area contributed by atoms with Crippen LogP contribution in [0.1, 0.15) is 18.4 Å². The molecule has 0 aliphatic carbocycles. The highest BCUT2D eigenvalue weighted by atomic mass is 32.2. The van der Waals surface area contributed by atoms with Crippen LogP contribution in [0.15, 0.2) is 50.6 Å². The van der Waals surface area contributed by atoms with Gasteiger partial charge in [0.15, 0.2) is 15.4 Å². The average molecular weight is 386 g/mol. The van der Waals surface area contributed by atoms with Gasteiger partial charge in [0.25, 0.3) is 5.56 Å². The lowest BCUT2D eigenvalue weighted by Gasteiger charge is -2.07. The van der Waals surface area contributed by atoms with E-state index in [9.17, 15) is 26.4 Å². The molecule has 10 heteroatoms. The summed E-state index contributed by atoms with van der Waals surface area (Å²) in [6.07, 6.45) is -3.59. The van der Waals surface area contributed by atoms with E-state index in [1.54, 1.807) is 0 Å². The lowest BCUT2D eigenvalue weighted by molar-refractivity contribution is -0.137. The van der Waals surface area contributed by atoms with Gasteiger partial charge in [0.2, 0.25) is 5.89 Å². The Morgan fingerprint density at radius 1 is 1.19 bits per heavy atom. The molecule has 138 valence electrons. The van der Waals surface area contributed by atoms with Gasteiger partial charge in [-0.05, 0) is 24.3 Å². The fraction of sp³-hybridized carbons (Fsp3) is 0.250. The molecule has 0 spiro atoms. The lowest BCUT2D eigenvalue weighted by atomic mass is 10.2. The van der Waals surface area contributed by atoms with Crippen molar-refractivity contribution in [1.29, 1.82) is 0 Å². The van der Waals surface area contributed by atoms with Crippen molar-refractivity contribution in [1.82, 2.24) is 9.55 Å². The number of pyridine rings is 1. The van der Waals surface area contributed by atoms with Gasteiger partial charge in [0, 0.05) is 12.3 Å². The lowest BCUT2D eigenvalue weighted by Crippen LogP contribution is -2.22. The molecule has 0 bridgehead atoms. The van der Waals surface area contributed by atoms with Gasteiger partial charge in [-0.25, -0.2) is 13.4 Å². The molecule has 26 heavy (non-hydrogen) atoms. The number of rotatable bonds is 4. The molecule has 3 aromatic rings. The molecule has 2 heterocycles. The van der Waals surface area contributed by atoms with Crippen molar-refractivity contribution in [3.05, 3.63) is 58.3 Å². The van der Waals surface area contributed by atoms with E-state index in [0.717, 1.165) is 16.8 Å². The summed E-state index contributed by atoms with van der Waals surface area (Å²) < 4.78 is 68.1. The van der Waals surface area contributed by atoms with Crippen LogP contribution >= 0.6 is 0 Å². The van der Waals surface area contributed by atoms with Gasteiger partial charge in [-0.15, -0.1) is 0 Å². The SMILES string of the molecule is CCS(=O)(=O)c1ccc2oc(Cn3ccc(C(F)(F)F)cc3=O)nc2c1. The third-order valence-electron chi connectivity index (χ3n) is 3.77. The first-order valence-electron chi connectivity index (χ1n) is 7.50. The topological polar surface area (TPSA) is 82.2 Å². The molecule has 0 aliphatic rings. The predicted octanol–water partition coefficient (Wildman–Crippen LogP) is 2.85. The zero-order valence-electron chi connectivity index (χ0n) is 13.4. The molecular weight excluding hydrogens is 373 g/mol. The highest BCUT2D eigenvalue weighted by molar-refractivity contribution is 7.91. The molecule has 0 N–H and O–H groups in total. The Balaban J connectivity index is 1.94. The molecule has 2 aromatic heterocycles. The number of aromatic nitrogens is 2. The summed E-state index contributed by atoms with van der Waals surface area (Å²) in [6.45, 7) is 1.34. The minimum absolute atomic E-state index is 0.0653. The minimum Gasteiger partial charge on any atom is -0.439 e. The van der Waals surface area contributed by atoms with Gasteiger partial charge in [-0.1, -0.05) is 6.92 Å². The van der Waals surface area contributed by atoms with Crippen molar-refractivity contribution in [3.8, 4) is 0 Å². The van der Waals surface area contributed by atoms with E-state index < -0.39 is 27.1 Å². The number of benzene rings is 1. The molecule has 0 atom stereocenters. The first kappa shape index (κ1) is 18.2. The Morgan fingerprint density at radius 2 is 1.92 bits per heavy atom. The van der Waals surface area contributed by atoms with Crippen molar-refractivity contribution < 1.29 is 26.0 Å². The zero-order valence-corrected chi connectivity index (χ0v) is 14.3. The highest BCUT2D eigenvalue weighted by Crippen LogP contribution is 2.27. The van der Waals surface area contributed by atoms with Gasteiger partial charge in [-0.2, -0.15) is 13.2 Å². The summed E-state index contributed by atoms with van der Waals surface area (Å²) in [5.74, 6) is 0.0114. The van der Waals surface area contributed by atoms with E-state index >= 15 is 0 Å². The van der Waals surface area contributed by atoms with Gasteiger partial charge in [0.1, 0.15) is 12.1 Å². The van der Waals surface area contributed by atoms with Crippen LogP contribution < -0.4 is 5.56 Å². The third kappa shape index (κ3) is 3.50. The quantitative estimate of drug-likeness (QED) is 0.689. The Morgan fingerprint density at radius 3 is 2.54 bits per heavy atom. The average Bonchev–Trinajstić information content (AvgIpc) is 2.97. The van der Waals surface area contributed by atoms with Crippen LogP contribution in [0.25, 0.3) is 11.1 Å². The molecule has 0 saturated heterocycles. The van der Waals surface area contributed by atoms with Gasteiger partial charge in [0.05, 0.1) is 16.2 Å². The molecule has 0 aliphatic heterocycles. The maximum atomic E-state index is 12.6.